The predicted octanol–water partition coefficient (Wildman–Crippen LogP) is 1.79. The summed E-state index contributed by atoms with van der Waals surface area (Å²) in [5.41, 5.74) is 2.88. The molecule has 0 aliphatic carbocycles. The number of hydrogen-bond acceptors (Lipinski definition) is 5. The van der Waals surface area contributed by atoms with Crippen molar-refractivity contribution in [3.63, 3.8) is 0 Å². The van der Waals surface area contributed by atoms with Crippen molar-refractivity contribution in [2.24, 2.45) is 0 Å². The van der Waals surface area contributed by atoms with E-state index >= 15 is 0 Å². The van der Waals surface area contributed by atoms with Crippen LogP contribution in [0.25, 0.3) is 10.9 Å². The molecule has 2 heterocycles. The zero-order valence-corrected chi connectivity index (χ0v) is 14.5. The second-order valence-electron chi connectivity index (χ2n) is 6.28. The largest absolute Gasteiger partial charge is 0.481 e. The fraction of sp³-hybridized carbons (Fsp3) is 0.412. The molecule has 1 saturated heterocycles. The van der Waals surface area contributed by atoms with E-state index in [1.807, 2.05) is 36.2 Å². The van der Waals surface area contributed by atoms with Crippen molar-refractivity contribution in [2.45, 2.75) is 25.8 Å². The number of carboxylic acids is 1. The van der Waals surface area contributed by atoms with Gasteiger partial charge in [0.15, 0.2) is 9.84 Å². The van der Waals surface area contributed by atoms with E-state index in [0.717, 1.165) is 16.6 Å². The summed E-state index contributed by atoms with van der Waals surface area (Å²) in [6, 6.07) is 7.41. The molecule has 0 saturated carbocycles. The van der Waals surface area contributed by atoms with Gasteiger partial charge in [0.05, 0.1) is 29.1 Å². The summed E-state index contributed by atoms with van der Waals surface area (Å²) in [7, 11) is -1.18. The number of sulfone groups is 1. The van der Waals surface area contributed by atoms with E-state index in [-0.39, 0.29) is 24.0 Å². The molecule has 128 valence electrons. The van der Waals surface area contributed by atoms with Gasteiger partial charge in [-0.15, -0.1) is 0 Å². The summed E-state index contributed by atoms with van der Waals surface area (Å²) in [5.74, 6) is -0.645. The van der Waals surface area contributed by atoms with Gasteiger partial charge in [0.1, 0.15) is 0 Å². The van der Waals surface area contributed by atoms with Gasteiger partial charge in [0, 0.05) is 29.7 Å². The molecule has 0 radical (unpaired) electrons. The third-order valence-corrected chi connectivity index (χ3v) is 6.36. The van der Waals surface area contributed by atoms with Crippen LogP contribution in [-0.4, -0.2) is 49.1 Å². The van der Waals surface area contributed by atoms with Crippen LogP contribution in [0.2, 0.25) is 0 Å². The van der Waals surface area contributed by atoms with Crippen molar-refractivity contribution >= 4 is 32.4 Å². The summed E-state index contributed by atoms with van der Waals surface area (Å²) in [5, 5.41) is 10.1. The lowest BCUT2D eigenvalue weighted by Crippen LogP contribution is -2.34. The zero-order chi connectivity index (χ0) is 17.5. The molecular formula is C17H20N2O4S. The quantitative estimate of drug-likeness (QED) is 0.906. The van der Waals surface area contributed by atoms with Crippen LogP contribution in [0.1, 0.15) is 17.7 Å². The number of nitrogens with zero attached hydrogens (tertiary/aromatic N) is 2. The number of carbonyl (C=O) groups is 1. The lowest BCUT2D eigenvalue weighted by molar-refractivity contribution is -0.136. The summed E-state index contributed by atoms with van der Waals surface area (Å²) in [6.07, 6.45) is 0.420. The lowest BCUT2D eigenvalue weighted by atomic mass is 10.0. The van der Waals surface area contributed by atoms with E-state index in [2.05, 4.69) is 4.98 Å². The molecule has 0 bridgehead atoms. The van der Waals surface area contributed by atoms with E-state index in [1.54, 1.807) is 6.92 Å². The first-order valence-corrected chi connectivity index (χ1v) is 9.64. The van der Waals surface area contributed by atoms with Crippen molar-refractivity contribution in [3.05, 3.63) is 35.5 Å². The van der Waals surface area contributed by atoms with Gasteiger partial charge in [-0.05, 0) is 19.4 Å². The van der Waals surface area contributed by atoms with Crippen LogP contribution in [0.5, 0.6) is 0 Å². The normalized spacial score (nSPS) is 19.5. The molecule has 1 aromatic carbocycles. The van der Waals surface area contributed by atoms with Crippen LogP contribution < -0.4 is 4.90 Å². The average Bonchev–Trinajstić information content (AvgIpc) is 2.87. The Morgan fingerprint density at radius 1 is 1.38 bits per heavy atom. The highest BCUT2D eigenvalue weighted by atomic mass is 32.2. The van der Waals surface area contributed by atoms with Gasteiger partial charge in [-0.1, -0.05) is 18.2 Å². The molecule has 1 fully saturated rings. The summed E-state index contributed by atoms with van der Waals surface area (Å²) in [6.45, 7) is 1.80. The Morgan fingerprint density at radius 2 is 2.08 bits per heavy atom. The van der Waals surface area contributed by atoms with Crippen LogP contribution >= 0.6 is 0 Å². The number of carboxylic acid groups (broad SMARTS) is 1. The molecule has 7 heteroatoms. The SMILES string of the molecule is Cc1nc2ccccc2c(N(C)C2CCS(=O)(=O)C2)c1CC(=O)O. The van der Waals surface area contributed by atoms with Gasteiger partial charge < -0.3 is 10.0 Å². The third kappa shape index (κ3) is 3.08. The number of aliphatic carboxylic acids is 1. The molecule has 2 aromatic rings. The number of rotatable bonds is 4. The van der Waals surface area contributed by atoms with E-state index in [4.69, 9.17) is 0 Å². The molecular weight excluding hydrogens is 328 g/mol. The average molecular weight is 348 g/mol. The molecule has 3 rings (SSSR count). The number of pyridine rings is 1. The Balaban J connectivity index is 2.18. The maximum absolute atomic E-state index is 11.8. The summed E-state index contributed by atoms with van der Waals surface area (Å²) in [4.78, 5) is 17.8. The second-order valence-corrected chi connectivity index (χ2v) is 8.51. The van der Waals surface area contributed by atoms with Crippen molar-refractivity contribution < 1.29 is 18.3 Å². The van der Waals surface area contributed by atoms with Crippen molar-refractivity contribution in [2.75, 3.05) is 23.5 Å². The number of anilines is 1. The topological polar surface area (TPSA) is 87.6 Å². The fourth-order valence-electron chi connectivity index (χ4n) is 3.38. The highest BCUT2D eigenvalue weighted by molar-refractivity contribution is 7.91. The van der Waals surface area contributed by atoms with Crippen molar-refractivity contribution in [3.8, 4) is 0 Å². The van der Waals surface area contributed by atoms with Gasteiger partial charge in [0.2, 0.25) is 0 Å². The van der Waals surface area contributed by atoms with Gasteiger partial charge >= 0.3 is 5.97 Å². The third-order valence-electron chi connectivity index (χ3n) is 4.61. The highest BCUT2D eigenvalue weighted by Crippen LogP contribution is 2.34. The smallest absolute Gasteiger partial charge is 0.307 e. The predicted molar refractivity (Wildman–Crippen MR) is 93.3 cm³/mol. The van der Waals surface area contributed by atoms with Gasteiger partial charge in [-0.2, -0.15) is 0 Å². The van der Waals surface area contributed by atoms with Crippen molar-refractivity contribution in [1.29, 1.82) is 0 Å². The monoisotopic (exact) mass is 348 g/mol. The number of hydrogen-bond donors (Lipinski definition) is 1. The van der Waals surface area contributed by atoms with Crippen molar-refractivity contribution in [1.82, 2.24) is 4.98 Å². The van der Waals surface area contributed by atoms with E-state index in [1.165, 1.54) is 0 Å². The van der Waals surface area contributed by atoms with Crippen LogP contribution in [0, 0.1) is 6.92 Å². The van der Waals surface area contributed by atoms with Gasteiger partial charge in [-0.25, -0.2) is 8.42 Å². The first-order valence-electron chi connectivity index (χ1n) is 7.82. The first-order chi connectivity index (χ1) is 11.3. The Labute approximate surface area is 141 Å². The maximum Gasteiger partial charge on any atom is 0.307 e. The van der Waals surface area contributed by atoms with E-state index in [9.17, 15) is 18.3 Å². The summed E-state index contributed by atoms with van der Waals surface area (Å²) < 4.78 is 23.7. The van der Waals surface area contributed by atoms with Crippen LogP contribution in [0.15, 0.2) is 24.3 Å². The number of para-hydroxylation sites is 1. The standard InChI is InChI=1S/C17H20N2O4S/c1-11-14(9-16(20)21)17(13-5-3-4-6-15(13)18-11)19(2)12-7-8-24(22,23)10-12/h3-6,12H,7-10H2,1-2H3,(H,20,21). The van der Waals surface area contributed by atoms with Crippen LogP contribution in [-0.2, 0) is 21.1 Å². The Hall–Kier alpha value is -2.15. The zero-order valence-electron chi connectivity index (χ0n) is 13.7. The maximum atomic E-state index is 11.8. The molecule has 1 atom stereocenters. The molecule has 6 nitrogen and oxygen atoms in total. The molecule has 1 aromatic heterocycles. The first kappa shape index (κ1) is 16.7. The minimum absolute atomic E-state index is 0.103. The fourth-order valence-corrected chi connectivity index (χ4v) is 5.16. The summed E-state index contributed by atoms with van der Waals surface area (Å²) >= 11 is 0. The van der Waals surface area contributed by atoms with E-state index in [0.29, 0.717) is 17.7 Å². The Morgan fingerprint density at radius 3 is 2.71 bits per heavy atom. The van der Waals surface area contributed by atoms with Crippen LogP contribution in [0.4, 0.5) is 5.69 Å². The molecule has 1 N–H and O–H groups in total. The molecule has 0 spiro atoms. The number of aromatic nitrogens is 1. The van der Waals surface area contributed by atoms with Crippen LogP contribution in [0.3, 0.4) is 0 Å². The molecule has 1 aliphatic heterocycles. The molecule has 1 unspecified atom stereocenters. The van der Waals surface area contributed by atoms with Gasteiger partial charge in [-0.3, -0.25) is 9.78 Å². The Kier molecular flexibility index (Phi) is 4.21. The second kappa shape index (κ2) is 6.05. The minimum atomic E-state index is -3.02. The minimum Gasteiger partial charge on any atom is -0.481 e. The molecule has 0 amide bonds. The number of benzene rings is 1. The Bertz CT molecular complexity index is 908. The molecule has 1 aliphatic rings. The van der Waals surface area contributed by atoms with Gasteiger partial charge in [0.25, 0.3) is 0 Å². The lowest BCUT2D eigenvalue weighted by Gasteiger charge is -2.29. The number of fused-ring (bicyclic) bond motifs is 1. The molecule has 24 heavy (non-hydrogen) atoms. The van der Waals surface area contributed by atoms with E-state index < -0.39 is 15.8 Å². The highest BCUT2D eigenvalue weighted by Gasteiger charge is 2.32. The number of aryl methyl sites for hydroxylation is 1.